The van der Waals surface area contributed by atoms with Gasteiger partial charge in [0.05, 0.1) is 6.04 Å². The lowest BCUT2D eigenvalue weighted by Crippen LogP contribution is -2.24. The maximum Gasteiger partial charge on any atom is 0.273 e. The zero-order chi connectivity index (χ0) is 17.6. The first-order valence-corrected chi connectivity index (χ1v) is 7.90. The molecule has 1 aromatic heterocycles. The van der Waals surface area contributed by atoms with Gasteiger partial charge in [-0.15, -0.1) is 0 Å². The number of carbonyl (C=O) groups is 1. The summed E-state index contributed by atoms with van der Waals surface area (Å²) in [6, 6.07) is 15.5. The van der Waals surface area contributed by atoms with Crippen LogP contribution in [0.1, 0.15) is 33.5 Å². The number of hydrogen-bond acceptors (Lipinski definition) is 4. The van der Waals surface area contributed by atoms with Gasteiger partial charge in [-0.1, -0.05) is 48.5 Å². The summed E-state index contributed by atoms with van der Waals surface area (Å²) in [6.45, 7) is 0.0732. The highest BCUT2D eigenvalue weighted by Crippen LogP contribution is 2.16. The maximum absolute atomic E-state index is 13.6. The standard InChI is InChI=1S/C19H18FN3O2/c20-15-9-5-4-8-14(15)11-22-18(24)17-12-25-19(23-17)16(21)10-13-6-2-1-3-7-13/h1-9,12,16H,10-11,21H2,(H,22,24). The molecule has 0 fully saturated rings. The minimum atomic E-state index is -0.449. The van der Waals surface area contributed by atoms with E-state index in [4.69, 9.17) is 10.2 Å². The fourth-order valence-corrected chi connectivity index (χ4v) is 2.43. The SMILES string of the molecule is NC(Cc1ccccc1)c1nc(C(=O)NCc2ccccc2F)co1. The monoisotopic (exact) mass is 339 g/mol. The molecule has 5 nitrogen and oxygen atoms in total. The molecule has 128 valence electrons. The molecule has 25 heavy (non-hydrogen) atoms. The summed E-state index contributed by atoms with van der Waals surface area (Å²) < 4.78 is 18.9. The first-order valence-electron chi connectivity index (χ1n) is 7.90. The maximum atomic E-state index is 13.6. The molecule has 0 aliphatic carbocycles. The first-order chi connectivity index (χ1) is 12.1. The van der Waals surface area contributed by atoms with Crippen LogP contribution in [-0.4, -0.2) is 10.9 Å². The number of nitrogens with one attached hydrogen (secondary N) is 1. The second-order valence-corrected chi connectivity index (χ2v) is 5.64. The fraction of sp³-hybridized carbons (Fsp3) is 0.158. The number of amides is 1. The van der Waals surface area contributed by atoms with Crippen molar-refractivity contribution < 1.29 is 13.6 Å². The molecule has 0 radical (unpaired) electrons. The molecule has 1 amide bonds. The zero-order valence-electron chi connectivity index (χ0n) is 13.5. The molecule has 2 aromatic carbocycles. The lowest BCUT2D eigenvalue weighted by molar-refractivity contribution is 0.0945. The summed E-state index contributed by atoms with van der Waals surface area (Å²) in [4.78, 5) is 16.3. The largest absolute Gasteiger partial charge is 0.446 e. The number of benzene rings is 2. The van der Waals surface area contributed by atoms with Crippen LogP contribution in [0.25, 0.3) is 0 Å². The van der Waals surface area contributed by atoms with E-state index >= 15 is 0 Å². The van der Waals surface area contributed by atoms with Gasteiger partial charge >= 0.3 is 0 Å². The van der Waals surface area contributed by atoms with Crippen LogP contribution < -0.4 is 11.1 Å². The van der Waals surface area contributed by atoms with Gasteiger partial charge in [-0.25, -0.2) is 9.37 Å². The third-order valence-corrected chi connectivity index (χ3v) is 3.77. The molecule has 0 aliphatic heterocycles. The van der Waals surface area contributed by atoms with Crippen molar-refractivity contribution in [3.63, 3.8) is 0 Å². The summed E-state index contributed by atoms with van der Waals surface area (Å²) in [5.74, 6) is -0.515. The predicted molar refractivity (Wildman–Crippen MR) is 91.1 cm³/mol. The lowest BCUT2D eigenvalue weighted by Gasteiger charge is -2.07. The summed E-state index contributed by atoms with van der Waals surface area (Å²) in [5.41, 5.74) is 7.67. The first kappa shape index (κ1) is 16.9. The van der Waals surface area contributed by atoms with Crippen molar-refractivity contribution in [1.82, 2.24) is 10.3 Å². The van der Waals surface area contributed by atoms with E-state index in [9.17, 15) is 9.18 Å². The Morgan fingerprint density at radius 2 is 1.88 bits per heavy atom. The van der Waals surface area contributed by atoms with Crippen molar-refractivity contribution in [2.45, 2.75) is 19.0 Å². The van der Waals surface area contributed by atoms with E-state index in [0.29, 0.717) is 17.9 Å². The van der Waals surface area contributed by atoms with Gasteiger partial charge in [0.15, 0.2) is 5.69 Å². The average Bonchev–Trinajstić information content (AvgIpc) is 3.12. The van der Waals surface area contributed by atoms with Crippen molar-refractivity contribution in [1.29, 1.82) is 0 Å². The second kappa shape index (κ2) is 7.72. The van der Waals surface area contributed by atoms with Crippen LogP contribution in [-0.2, 0) is 13.0 Å². The highest BCUT2D eigenvalue weighted by Gasteiger charge is 2.17. The normalized spacial score (nSPS) is 11.9. The number of carbonyl (C=O) groups excluding carboxylic acids is 1. The van der Waals surface area contributed by atoms with Crippen LogP contribution in [0.3, 0.4) is 0 Å². The summed E-state index contributed by atoms with van der Waals surface area (Å²) in [5, 5.41) is 2.62. The van der Waals surface area contributed by atoms with E-state index in [0.717, 1.165) is 5.56 Å². The van der Waals surface area contributed by atoms with Gasteiger partial charge in [-0.2, -0.15) is 0 Å². The van der Waals surface area contributed by atoms with Crippen LogP contribution in [0.2, 0.25) is 0 Å². The van der Waals surface area contributed by atoms with E-state index in [1.54, 1.807) is 18.2 Å². The van der Waals surface area contributed by atoms with Crippen molar-refractivity contribution in [3.8, 4) is 0 Å². The highest BCUT2D eigenvalue weighted by molar-refractivity contribution is 5.91. The van der Waals surface area contributed by atoms with Gasteiger partial charge in [0.1, 0.15) is 12.1 Å². The highest BCUT2D eigenvalue weighted by atomic mass is 19.1. The topological polar surface area (TPSA) is 81.1 Å². The van der Waals surface area contributed by atoms with Crippen molar-refractivity contribution in [2.75, 3.05) is 0 Å². The Hall–Kier alpha value is -2.99. The average molecular weight is 339 g/mol. The van der Waals surface area contributed by atoms with Gasteiger partial charge in [-0.05, 0) is 18.1 Å². The van der Waals surface area contributed by atoms with E-state index in [1.807, 2.05) is 30.3 Å². The summed E-state index contributed by atoms with van der Waals surface area (Å²) in [6.07, 6.45) is 1.81. The third kappa shape index (κ3) is 4.30. The molecular formula is C19H18FN3O2. The van der Waals surface area contributed by atoms with Gasteiger partial charge < -0.3 is 15.5 Å². The fourth-order valence-electron chi connectivity index (χ4n) is 2.43. The van der Waals surface area contributed by atoms with Gasteiger partial charge in [-0.3, -0.25) is 4.79 Å². The number of halogens is 1. The minimum absolute atomic E-state index is 0.0732. The number of hydrogen-bond donors (Lipinski definition) is 2. The van der Waals surface area contributed by atoms with E-state index < -0.39 is 11.9 Å². The van der Waals surface area contributed by atoms with Crippen LogP contribution in [0, 0.1) is 5.82 Å². The van der Waals surface area contributed by atoms with Crippen molar-refractivity contribution in [3.05, 3.63) is 89.4 Å². The molecule has 0 saturated heterocycles. The second-order valence-electron chi connectivity index (χ2n) is 5.64. The van der Waals surface area contributed by atoms with Crippen LogP contribution in [0.15, 0.2) is 65.3 Å². The number of rotatable bonds is 6. The zero-order valence-corrected chi connectivity index (χ0v) is 13.5. The minimum Gasteiger partial charge on any atom is -0.446 e. The molecular weight excluding hydrogens is 321 g/mol. The molecule has 3 N–H and O–H groups in total. The van der Waals surface area contributed by atoms with E-state index in [1.165, 1.54) is 12.3 Å². The van der Waals surface area contributed by atoms with Crippen molar-refractivity contribution in [2.24, 2.45) is 5.73 Å². The molecule has 0 spiro atoms. The molecule has 6 heteroatoms. The lowest BCUT2D eigenvalue weighted by atomic mass is 10.1. The summed E-state index contributed by atoms with van der Waals surface area (Å²) >= 11 is 0. The quantitative estimate of drug-likeness (QED) is 0.723. The number of aromatic nitrogens is 1. The van der Waals surface area contributed by atoms with Gasteiger partial charge in [0, 0.05) is 12.1 Å². The number of nitrogens with two attached hydrogens (primary N) is 1. The Morgan fingerprint density at radius 3 is 2.64 bits per heavy atom. The Morgan fingerprint density at radius 1 is 1.16 bits per heavy atom. The third-order valence-electron chi connectivity index (χ3n) is 3.77. The molecule has 0 saturated carbocycles. The number of nitrogens with zero attached hydrogens (tertiary/aromatic N) is 1. The molecule has 0 bridgehead atoms. The Labute approximate surface area is 144 Å². The van der Waals surface area contributed by atoms with Crippen LogP contribution in [0.4, 0.5) is 4.39 Å². The predicted octanol–water partition coefficient (Wildman–Crippen LogP) is 2.99. The van der Waals surface area contributed by atoms with Gasteiger partial charge in [0.25, 0.3) is 5.91 Å². The van der Waals surface area contributed by atoms with E-state index in [-0.39, 0.29) is 18.1 Å². The Bertz CT molecular complexity index is 849. The van der Waals surface area contributed by atoms with Crippen molar-refractivity contribution >= 4 is 5.91 Å². The van der Waals surface area contributed by atoms with Crippen LogP contribution >= 0.6 is 0 Å². The number of oxazole rings is 1. The molecule has 1 unspecified atom stereocenters. The molecule has 3 aromatic rings. The molecule has 1 atom stereocenters. The summed E-state index contributed by atoms with van der Waals surface area (Å²) in [7, 11) is 0. The smallest absolute Gasteiger partial charge is 0.273 e. The van der Waals surface area contributed by atoms with Crippen LogP contribution in [0.5, 0.6) is 0 Å². The van der Waals surface area contributed by atoms with Gasteiger partial charge in [0.2, 0.25) is 5.89 Å². The Kier molecular flexibility index (Phi) is 5.20. The molecule has 1 heterocycles. The Balaban J connectivity index is 1.60. The van der Waals surface area contributed by atoms with E-state index in [2.05, 4.69) is 10.3 Å². The molecule has 3 rings (SSSR count). The molecule has 0 aliphatic rings.